The van der Waals surface area contributed by atoms with E-state index in [2.05, 4.69) is 29.1 Å². The van der Waals surface area contributed by atoms with Crippen LogP contribution in [0.3, 0.4) is 0 Å². The van der Waals surface area contributed by atoms with Crippen molar-refractivity contribution in [2.45, 2.75) is 19.9 Å². The molecular formula is C11H14N4. The van der Waals surface area contributed by atoms with Gasteiger partial charge in [-0.2, -0.15) is 0 Å². The summed E-state index contributed by atoms with van der Waals surface area (Å²) < 4.78 is 1.98. The molecule has 0 atom stereocenters. The van der Waals surface area contributed by atoms with Crippen LogP contribution in [0.5, 0.6) is 0 Å². The Kier molecular flexibility index (Phi) is 2.67. The minimum Gasteiger partial charge on any atom is -0.353 e. The number of anilines is 1. The maximum absolute atomic E-state index is 4.26. The van der Waals surface area contributed by atoms with E-state index in [0.29, 0.717) is 6.04 Å². The van der Waals surface area contributed by atoms with Crippen LogP contribution in [0.15, 0.2) is 36.9 Å². The Bertz CT molecular complexity index is 419. The summed E-state index contributed by atoms with van der Waals surface area (Å²) >= 11 is 0. The first kappa shape index (κ1) is 9.71. The fraction of sp³-hybridized carbons (Fsp3) is 0.273. The van der Waals surface area contributed by atoms with Gasteiger partial charge in [0.1, 0.15) is 0 Å². The molecule has 0 aromatic carbocycles. The number of nitrogens with zero attached hydrogens (tertiary/aromatic N) is 3. The lowest BCUT2D eigenvalue weighted by molar-refractivity contribution is 0.863. The van der Waals surface area contributed by atoms with Crippen molar-refractivity contribution in [3.8, 4) is 5.69 Å². The van der Waals surface area contributed by atoms with Crippen molar-refractivity contribution >= 4 is 5.95 Å². The van der Waals surface area contributed by atoms with Gasteiger partial charge in [-0.25, -0.2) is 4.98 Å². The molecule has 2 rings (SSSR count). The fourth-order valence-corrected chi connectivity index (χ4v) is 1.37. The van der Waals surface area contributed by atoms with Crippen LogP contribution in [0.2, 0.25) is 0 Å². The molecule has 2 aromatic heterocycles. The first-order valence-corrected chi connectivity index (χ1v) is 4.97. The molecule has 0 aliphatic rings. The number of aromatic nitrogens is 3. The van der Waals surface area contributed by atoms with Crippen LogP contribution in [-0.2, 0) is 0 Å². The minimum absolute atomic E-state index is 0.364. The quantitative estimate of drug-likeness (QED) is 0.828. The van der Waals surface area contributed by atoms with Crippen LogP contribution in [0, 0.1) is 0 Å². The second-order valence-corrected chi connectivity index (χ2v) is 3.63. The third kappa shape index (κ3) is 2.15. The summed E-state index contributed by atoms with van der Waals surface area (Å²) in [4.78, 5) is 8.34. The molecule has 0 fully saturated rings. The van der Waals surface area contributed by atoms with Gasteiger partial charge in [-0.15, -0.1) is 0 Å². The summed E-state index contributed by atoms with van der Waals surface area (Å²) in [6.45, 7) is 4.17. The first-order chi connectivity index (χ1) is 7.27. The Balaban J connectivity index is 2.33. The molecule has 0 aliphatic heterocycles. The van der Waals surface area contributed by atoms with Gasteiger partial charge in [-0.05, 0) is 26.0 Å². The molecule has 0 spiro atoms. The molecule has 0 unspecified atom stereocenters. The van der Waals surface area contributed by atoms with Crippen LogP contribution < -0.4 is 5.32 Å². The van der Waals surface area contributed by atoms with Crippen LogP contribution in [0.1, 0.15) is 13.8 Å². The van der Waals surface area contributed by atoms with E-state index in [0.717, 1.165) is 11.6 Å². The highest BCUT2D eigenvalue weighted by Crippen LogP contribution is 2.13. The summed E-state index contributed by atoms with van der Waals surface area (Å²) in [5, 5.41) is 3.28. The SMILES string of the molecule is CC(C)Nc1nccn1-c1cccnc1. The highest BCUT2D eigenvalue weighted by Gasteiger charge is 2.04. The number of nitrogens with one attached hydrogen (secondary N) is 1. The Hall–Kier alpha value is -1.84. The van der Waals surface area contributed by atoms with Gasteiger partial charge >= 0.3 is 0 Å². The molecule has 2 heterocycles. The van der Waals surface area contributed by atoms with Gasteiger partial charge < -0.3 is 5.32 Å². The number of hydrogen-bond donors (Lipinski definition) is 1. The Labute approximate surface area is 89.0 Å². The van der Waals surface area contributed by atoms with Crippen LogP contribution in [0.25, 0.3) is 5.69 Å². The van der Waals surface area contributed by atoms with E-state index < -0.39 is 0 Å². The predicted molar refractivity (Wildman–Crippen MR) is 60.1 cm³/mol. The van der Waals surface area contributed by atoms with Crippen molar-refractivity contribution in [1.82, 2.24) is 14.5 Å². The average molecular weight is 202 g/mol. The summed E-state index contributed by atoms with van der Waals surface area (Å²) in [5.74, 6) is 0.845. The monoisotopic (exact) mass is 202 g/mol. The topological polar surface area (TPSA) is 42.7 Å². The van der Waals surface area contributed by atoms with E-state index in [1.54, 1.807) is 12.4 Å². The lowest BCUT2D eigenvalue weighted by Gasteiger charge is -2.11. The molecule has 4 heteroatoms. The molecule has 78 valence electrons. The van der Waals surface area contributed by atoms with E-state index in [1.165, 1.54) is 0 Å². The van der Waals surface area contributed by atoms with Gasteiger partial charge in [0.25, 0.3) is 0 Å². The second-order valence-electron chi connectivity index (χ2n) is 3.63. The minimum atomic E-state index is 0.364. The molecule has 4 nitrogen and oxygen atoms in total. The number of rotatable bonds is 3. The lowest BCUT2D eigenvalue weighted by Crippen LogP contribution is -2.13. The molecule has 0 radical (unpaired) electrons. The zero-order valence-corrected chi connectivity index (χ0v) is 8.88. The number of imidazole rings is 1. The highest BCUT2D eigenvalue weighted by atomic mass is 15.2. The van der Waals surface area contributed by atoms with E-state index >= 15 is 0 Å². The van der Waals surface area contributed by atoms with E-state index in [-0.39, 0.29) is 0 Å². The van der Waals surface area contributed by atoms with Crippen molar-refractivity contribution < 1.29 is 0 Å². The third-order valence-electron chi connectivity index (χ3n) is 1.98. The van der Waals surface area contributed by atoms with Crippen LogP contribution in [-0.4, -0.2) is 20.6 Å². The van der Waals surface area contributed by atoms with Crippen LogP contribution in [0.4, 0.5) is 5.95 Å². The third-order valence-corrected chi connectivity index (χ3v) is 1.98. The number of pyridine rings is 1. The van der Waals surface area contributed by atoms with Gasteiger partial charge in [0.15, 0.2) is 0 Å². The van der Waals surface area contributed by atoms with Crippen molar-refractivity contribution in [2.24, 2.45) is 0 Å². The standard InChI is InChI=1S/C11H14N4/c1-9(2)14-11-13-6-7-15(11)10-4-3-5-12-8-10/h3-9H,1-2H3,(H,13,14). The van der Waals surface area contributed by atoms with Crippen LogP contribution >= 0.6 is 0 Å². The largest absolute Gasteiger partial charge is 0.353 e. The predicted octanol–water partition coefficient (Wildman–Crippen LogP) is 2.09. The van der Waals surface area contributed by atoms with Gasteiger partial charge in [0.05, 0.1) is 11.9 Å². The van der Waals surface area contributed by atoms with Gasteiger partial charge in [0.2, 0.25) is 5.95 Å². The summed E-state index contributed by atoms with van der Waals surface area (Å²) in [6, 6.07) is 4.28. The van der Waals surface area contributed by atoms with Crippen molar-refractivity contribution in [1.29, 1.82) is 0 Å². The molecule has 0 saturated carbocycles. The normalized spacial score (nSPS) is 10.6. The highest BCUT2D eigenvalue weighted by molar-refractivity contribution is 5.40. The zero-order valence-electron chi connectivity index (χ0n) is 8.88. The molecule has 0 saturated heterocycles. The molecule has 0 aliphatic carbocycles. The summed E-state index contributed by atoms with van der Waals surface area (Å²) in [5.41, 5.74) is 1.01. The summed E-state index contributed by atoms with van der Waals surface area (Å²) in [7, 11) is 0. The van der Waals surface area contributed by atoms with E-state index in [9.17, 15) is 0 Å². The molecule has 15 heavy (non-hydrogen) atoms. The summed E-state index contributed by atoms with van der Waals surface area (Å²) in [6.07, 6.45) is 7.27. The lowest BCUT2D eigenvalue weighted by atomic mass is 10.4. The van der Waals surface area contributed by atoms with Crippen molar-refractivity contribution in [2.75, 3.05) is 5.32 Å². The van der Waals surface area contributed by atoms with Crippen molar-refractivity contribution in [3.63, 3.8) is 0 Å². The van der Waals surface area contributed by atoms with E-state index in [4.69, 9.17) is 0 Å². The first-order valence-electron chi connectivity index (χ1n) is 4.97. The van der Waals surface area contributed by atoms with Gasteiger partial charge in [0, 0.05) is 24.6 Å². The maximum Gasteiger partial charge on any atom is 0.207 e. The Morgan fingerprint density at radius 2 is 2.20 bits per heavy atom. The van der Waals surface area contributed by atoms with Gasteiger partial charge in [-0.1, -0.05) is 0 Å². The molecule has 0 amide bonds. The smallest absolute Gasteiger partial charge is 0.207 e. The fourth-order valence-electron chi connectivity index (χ4n) is 1.37. The molecule has 2 aromatic rings. The molecule has 1 N–H and O–H groups in total. The average Bonchev–Trinajstić information content (AvgIpc) is 2.66. The maximum atomic E-state index is 4.26. The Morgan fingerprint density at radius 1 is 1.33 bits per heavy atom. The number of hydrogen-bond acceptors (Lipinski definition) is 3. The molecule has 0 bridgehead atoms. The zero-order chi connectivity index (χ0) is 10.7. The van der Waals surface area contributed by atoms with Gasteiger partial charge in [-0.3, -0.25) is 9.55 Å². The van der Waals surface area contributed by atoms with E-state index in [1.807, 2.05) is 29.1 Å². The van der Waals surface area contributed by atoms with Crippen molar-refractivity contribution in [3.05, 3.63) is 36.9 Å². The Morgan fingerprint density at radius 3 is 2.87 bits per heavy atom. The molecular weight excluding hydrogens is 188 g/mol. The second kappa shape index (κ2) is 4.13.